The highest BCUT2D eigenvalue weighted by Gasteiger charge is 2.40. The molecule has 0 N–H and O–H groups in total. The van der Waals surface area contributed by atoms with Crippen LogP contribution in [0, 0.1) is 5.41 Å². The molecule has 1 aromatic heterocycles. The minimum absolute atomic E-state index is 0.330. The van der Waals surface area contributed by atoms with E-state index >= 15 is 0 Å². The van der Waals surface area contributed by atoms with Crippen molar-refractivity contribution in [1.82, 2.24) is 19.4 Å². The molecule has 0 aliphatic carbocycles. The number of likely N-dealkylation sites (tertiary alicyclic amines) is 2. The fraction of sp³-hybridized carbons (Fsp3) is 0.636. The first-order chi connectivity index (χ1) is 13.7. The maximum Gasteiger partial charge on any atom is 0.222 e. The Morgan fingerprint density at radius 1 is 1.11 bits per heavy atom. The SMILES string of the molecule is COCCCN1CC2(CCC1=O)CCN(CCn1cnc3ccccc31)CC2. The second kappa shape index (κ2) is 8.62. The van der Waals surface area contributed by atoms with Crippen LogP contribution >= 0.6 is 0 Å². The maximum atomic E-state index is 12.3. The topological polar surface area (TPSA) is 50.6 Å². The molecule has 1 spiro atoms. The summed E-state index contributed by atoms with van der Waals surface area (Å²) in [4.78, 5) is 21.4. The van der Waals surface area contributed by atoms with E-state index in [2.05, 4.69) is 37.5 Å². The van der Waals surface area contributed by atoms with Gasteiger partial charge in [0, 0.05) is 46.3 Å². The first-order valence-corrected chi connectivity index (χ1v) is 10.6. The van der Waals surface area contributed by atoms with Gasteiger partial charge in [-0.1, -0.05) is 12.1 Å². The van der Waals surface area contributed by atoms with E-state index in [4.69, 9.17) is 4.74 Å². The summed E-state index contributed by atoms with van der Waals surface area (Å²) in [6, 6.07) is 8.33. The molecule has 0 saturated carbocycles. The molecule has 1 aromatic carbocycles. The molecule has 0 unspecified atom stereocenters. The van der Waals surface area contributed by atoms with E-state index in [9.17, 15) is 4.79 Å². The molecule has 6 heteroatoms. The van der Waals surface area contributed by atoms with Gasteiger partial charge in [0.25, 0.3) is 0 Å². The smallest absolute Gasteiger partial charge is 0.222 e. The normalized spacial score (nSPS) is 20.3. The van der Waals surface area contributed by atoms with Crippen LogP contribution in [0.25, 0.3) is 11.0 Å². The van der Waals surface area contributed by atoms with Crippen LogP contribution in [0.2, 0.25) is 0 Å². The Labute approximate surface area is 167 Å². The van der Waals surface area contributed by atoms with Gasteiger partial charge in [-0.15, -0.1) is 0 Å². The molecule has 1 amide bonds. The van der Waals surface area contributed by atoms with Crippen molar-refractivity contribution in [2.45, 2.75) is 38.6 Å². The molecule has 2 aliphatic heterocycles. The molecule has 0 bridgehead atoms. The summed E-state index contributed by atoms with van der Waals surface area (Å²) < 4.78 is 7.41. The average Bonchev–Trinajstić information content (AvgIpc) is 3.14. The van der Waals surface area contributed by atoms with Crippen molar-refractivity contribution in [3.63, 3.8) is 0 Å². The molecule has 0 atom stereocenters. The summed E-state index contributed by atoms with van der Waals surface area (Å²) in [7, 11) is 1.72. The van der Waals surface area contributed by atoms with Crippen molar-refractivity contribution in [1.29, 1.82) is 0 Å². The zero-order chi connectivity index (χ0) is 19.4. The van der Waals surface area contributed by atoms with Gasteiger partial charge < -0.3 is 19.1 Å². The Kier molecular flexibility index (Phi) is 5.97. The number of ether oxygens (including phenoxy) is 1. The third-order valence-electron chi connectivity index (χ3n) is 6.63. The minimum Gasteiger partial charge on any atom is -0.385 e. The summed E-state index contributed by atoms with van der Waals surface area (Å²) in [5.41, 5.74) is 2.62. The van der Waals surface area contributed by atoms with Gasteiger partial charge in [0.05, 0.1) is 17.4 Å². The number of imidazole rings is 1. The number of aromatic nitrogens is 2. The summed E-state index contributed by atoms with van der Waals surface area (Å²) in [6.45, 7) is 6.82. The maximum absolute atomic E-state index is 12.3. The van der Waals surface area contributed by atoms with E-state index in [1.807, 2.05) is 12.4 Å². The van der Waals surface area contributed by atoms with Crippen molar-refractivity contribution in [3.05, 3.63) is 30.6 Å². The average molecular weight is 385 g/mol. The van der Waals surface area contributed by atoms with Crippen LogP contribution in [-0.4, -0.2) is 71.7 Å². The summed E-state index contributed by atoms with van der Waals surface area (Å²) in [5, 5.41) is 0. The predicted molar refractivity (Wildman–Crippen MR) is 110 cm³/mol. The van der Waals surface area contributed by atoms with Crippen LogP contribution in [0.1, 0.15) is 32.1 Å². The van der Waals surface area contributed by atoms with Crippen LogP contribution in [-0.2, 0) is 16.1 Å². The first-order valence-electron chi connectivity index (χ1n) is 10.6. The fourth-order valence-electron chi connectivity index (χ4n) is 4.80. The fourth-order valence-corrected chi connectivity index (χ4v) is 4.80. The molecule has 2 saturated heterocycles. The molecule has 152 valence electrons. The van der Waals surface area contributed by atoms with E-state index in [0.29, 0.717) is 17.7 Å². The minimum atomic E-state index is 0.330. The first kappa shape index (κ1) is 19.4. The number of carbonyl (C=O) groups excluding carboxylic acids is 1. The molecule has 4 rings (SSSR count). The van der Waals surface area contributed by atoms with E-state index in [0.717, 1.165) is 64.2 Å². The van der Waals surface area contributed by atoms with Crippen LogP contribution in [0.5, 0.6) is 0 Å². The van der Waals surface area contributed by atoms with Crippen LogP contribution in [0.15, 0.2) is 30.6 Å². The molecular formula is C22H32N4O2. The lowest BCUT2D eigenvalue weighted by molar-refractivity contribution is -0.139. The number of methoxy groups -OCH3 is 1. The standard InChI is InChI=1S/C22H32N4O2/c1-28-16-4-11-25-17-22(8-7-21(25)27)9-12-24(13-10-22)14-15-26-18-23-19-5-2-3-6-20(19)26/h2-3,5-6,18H,4,7-17H2,1H3. The Morgan fingerprint density at radius 2 is 1.93 bits per heavy atom. The number of benzene rings is 1. The number of carbonyl (C=O) groups is 1. The molecule has 2 aliphatic rings. The monoisotopic (exact) mass is 384 g/mol. The summed E-state index contributed by atoms with van der Waals surface area (Å²) >= 11 is 0. The number of rotatable bonds is 7. The highest BCUT2D eigenvalue weighted by molar-refractivity contribution is 5.77. The molecule has 6 nitrogen and oxygen atoms in total. The molecular weight excluding hydrogens is 352 g/mol. The van der Waals surface area contributed by atoms with Gasteiger partial charge in [0.15, 0.2) is 0 Å². The highest BCUT2D eigenvalue weighted by atomic mass is 16.5. The Balaban J connectivity index is 1.28. The van der Waals surface area contributed by atoms with Gasteiger partial charge in [-0.05, 0) is 56.3 Å². The number of para-hydroxylation sites is 2. The molecule has 2 fully saturated rings. The van der Waals surface area contributed by atoms with Crippen molar-refractivity contribution in [2.75, 3.05) is 46.4 Å². The summed E-state index contributed by atoms with van der Waals surface area (Å²) in [6.07, 6.45) is 7.07. The quantitative estimate of drug-likeness (QED) is 0.689. The lowest BCUT2D eigenvalue weighted by Crippen LogP contribution is -2.52. The van der Waals surface area contributed by atoms with Crippen molar-refractivity contribution < 1.29 is 9.53 Å². The molecule has 0 radical (unpaired) electrons. The summed E-state index contributed by atoms with van der Waals surface area (Å²) in [5.74, 6) is 0.330. The second-order valence-electron chi connectivity index (χ2n) is 8.43. The molecule has 3 heterocycles. The largest absolute Gasteiger partial charge is 0.385 e. The van der Waals surface area contributed by atoms with E-state index in [1.165, 1.54) is 18.4 Å². The molecule has 28 heavy (non-hydrogen) atoms. The van der Waals surface area contributed by atoms with Gasteiger partial charge >= 0.3 is 0 Å². The van der Waals surface area contributed by atoms with E-state index in [1.54, 1.807) is 7.11 Å². The van der Waals surface area contributed by atoms with Gasteiger partial charge in [-0.3, -0.25) is 4.79 Å². The van der Waals surface area contributed by atoms with Gasteiger partial charge in [0.1, 0.15) is 0 Å². The third kappa shape index (κ3) is 4.23. The van der Waals surface area contributed by atoms with Crippen molar-refractivity contribution in [3.8, 4) is 0 Å². The Hall–Kier alpha value is -1.92. The van der Waals surface area contributed by atoms with Crippen LogP contribution in [0.3, 0.4) is 0 Å². The zero-order valence-corrected chi connectivity index (χ0v) is 17.0. The van der Waals surface area contributed by atoms with Crippen molar-refractivity contribution in [2.24, 2.45) is 5.41 Å². The van der Waals surface area contributed by atoms with E-state index < -0.39 is 0 Å². The molecule has 2 aromatic rings. The van der Waals surface area contributed by atoms with E-state index in [-0.39, 0.29) is 0 Å². The second-order valence-corrected chi connectivity index (χ2v) is 8.43. The Morgan fingerprint density at radius 3 is 2.75 bits per heavy atom. The van der Waals surface area contributed by atoms with Crippen LogP contribution in [0.4, 0.5) is 0 Å². The highest BCUT2D eigenvalue weighted by Crippen LogP contribution is 2.40. The van der Waals surface area contributed by atoms with Gasteiger partial charge in [0.2, 0.25) is 5.91 Å². The number of fused-ring (bicyclic) bond motifs is 1. The van der Waals surface area contributed by atoms with Crippen molar-refractivity contribution >= 4 is 16.9 Å². The number of hydrogen-bond acceptors (Lipinski definition) is 4. The lowest BCUT2D eigenvalue weighted by Gasteiger charge is -2.47. The third-order valence-corrected chi connectivity index (χ3v) is 6.63. The van der Waals surface area contributed by atoms with Gasteiger partial charge in [-0.2, -0.15) is 0 Å². The van der Waals surface area contributed by atoms with Crippen LogP contribution < -0.4 is 0 Å². The Bertz CT molecular complexity index is 795. The number of piperidine rings is 2. The van der Waals surface area contributed by atoms with Gasteiger partial charge in [-0.25, -0.2) is 4.98 Å². The predicted octanol–water partition coefficient (Wildman–Crippen LogP) is 2.78. The number of nitrogens with zero attached hydrogens (tertiary/aromatic N) is 4. The lowest BCUT2D eigenvalue weighted by atomic mass is 9.72. The zero-order valence-electron chi connectivity index (χ0n) is 17.0. The number of amides is 1. The number of hydrogen-bond donors (Lipinski definition) is 0.